The van der Waals surface area contributed by atoms with Crippen molar-refractivity contribution in [3.8, 4) is 0 Å². The van der Waals surface area contributed by atoms with Gasteiger partial charge < -0.3 is 14.6 Å². The summed E-state index contributed by atoms with van der Waals surface area (Å²) in [7, 11) is 0. The largest absolute Gasteiger partial charge is 0.455 e. The minimum absolute atomic E-state index is 0.0149. The molecule has 1 aliphatic heterocycles. The number of rotatable bonds is 8. The fraction of sp³-hybridized carbons (Fsp3) is 0.200. The van der Waals surface area contributed by atoms with Crippen molar-refractivity contribution in [3.63, 3.8) is 0 Å². The summed E-state index contributed by atoms with van der Waals surface area (Å²) >= 11 is 1.77. The standard InChI is InChI=1S/C30H28N2O3S/c1-21-7-5-6-10-25(21)19-36-20-26-12-14-28(35-26)29(33)31-18-22-11-13-27-24(17-22)15-16-32(27)30(34)23-8-3-2-4-9-23/h2-14,17H,15-16,18-20H2,1H3,(H,31,33). The molecule has 2 heterocycles. The first-order chi connectivity index (χ1) is 17.6. The van der Waals surface area contributed by atoms with Crippen LogP contribution in [0.2, 0.25) is 0 Å². The fourth-order valence-corrected chi connectivity index (χ4v) is 5.40. The number of amides is 2. The lowest BCUT2D eigenvalue weighted by atomic mass is 10.1. The van der Waals surface area contributed by atoms with Gasteiger partial charge in [0.1, 0.15) is 5.76 Å². The molecule has 5 nitrogen and oxygen atoms in total. The number of fused-ring (bicyclic) bond motifs is 1. The predicted molar refractivity (Wildman–Crippen MR) is 144 cm³/mol. The number of carbonyl (C=O) groups excluding carboxylic acids is 2. The summed E-state index contributed by atoms with van der Waals surface area (Å²) < 4.78 is 5.78. The van der Waals surface area contributed by atoms with Crippen molar-refractivity contribution in [2.75, 3.05) is 11.4 Å². The number of carbonyl (C=O) groups is 2. The molecular formula is C30H28N2O3S. The van der Waals surface area contributed by atoms with Crippen molar-refractivity contribution in [3.05, 3.63) is 124 Å². The van der Waals surface area contributed by atoms with Gasteiger partial charge in [0.15, 0.2) is 5.76 Å². The molecule has 0 saturated carbocycles. The van der Waals surface area contributed by atoms with E-state index in [1.165, 1.54) is 11.1 Å². The molecule has 4 aromatic rings. The number of hydrogen-bond donors (Lipinski definition) is 1. The second-order valence-corrected chi connectivity index (χ2v) is 9.89. The lowest BCUT2D eigenvalue weighted by molar-refractivity contribution is 0.0921. The highest BCUT2D eigenvalue weighted by molar-refractivity contribution is 7.97. The first-order valence-electron chi connectivity index (χ1n) is 12.1. The maximum absolute atomic E-state index is 12.9. The lowest BCUT2D eigenvalue weighted by Gasteiger charge is -2.17. The molecule has 182 valence electrons. The summed E-state index contributed by atoms with van der Waals surface area (Å²) in [4.78, 5) is 27.3. The molecule has 0 unspecified atom stereocenters. The molecule has 1 N–H and O–H groups in total. The first-order valence-corrected chi connectivity index (χ1v) is 13.2. The monoisotopic (exact) mass is 496 g/mol. The minimum Gasteiger partial charge on any atom is -0.455 e. The Labute approximate surface area is 215 Å². The summed E-state index contributed by atoms with van der Waals surface area (Å²) in [6, 6.07) is 27.3. The van der Waals surface area contributed by atoms with E-state index in [4.69, 9.17) is 4.42 Å². The molecule has 3 aromatic carbocycles. The SMILES string of the molecule is Cc1ccccc1CSCc1ccc(C(=O)NCc2ccc3c(c2)CCN3C(=O)c2ccccc2)o1. The van der Waals surface area contributed by atoms with E-state index in [1.54, 1.807) is 17.8 Å². The number of furan rings is 1. The average molecular weight is 497 g/mol. The van der Waals surface area contributed by atoms with Gasteiger partial charge in [-0.3, -0.25) is 9.59 Å². The molecule has 6 heteroatoms. The highest BCUT2D eigenvalue weighted by atomic mass is 32.2. The van der Waals surface area contributed by atoms with Gasteiger partial charge >= 0.3 is 0 Å². The second kappa shape index (κ2) is 10.9. The highest BCUT2D eigenvalue weighted by Crippen LogP contribution is 2.30. The zero-order valence-electron chi connectivity index (χ0n) is 20.2. The number of nitrogens with zero attached hydrogens (tertiary/aromatic N) is 1. The summed E-state index contributed by atoms with van der Waals surface area (Å²) in [5, 5.41) is 2.95. The van der Waals surface area contributed by atoms with E-state index < -0.39 is 0 Å². The van der Waals surface area contributed by atoms with E-state index in [1.807, 2.05) is 59.5 Å². The minimum atomic E-state index is -0.230. The van der Waals surface area contributed by atoms with Crippen molar-refractivity contribution >= 4 is 29.3 Å². The third kappa shape index (κ3) is 5.39. The van der Waals surface area contributed by atoms with Crippen molar-refractivity contribution in [2.24, 2.45) is 0 Å². The molecule has 0 fully saturated rings. The van der Waals surface area contributed by atoms with Crippen LogP contribution in [0.1, 0.15) is 48.9 Å². The van der Waals surface area contributed by atoms with Crippen LogP contribution < -0.4 is 10.2 Å². The van der Waals surface area contributed by atoms with E-state index in [0.717, 1.165) is 34.7 Å². The van der Waals surface area contributed by atoms with Gasteiger partial charge in [0, 0.05) is 30.1 Å². The van der Waals surface area contributed by atoms with Gasteiger partial charge in [-0.1, -0.05) is 54.6 Å². The van der Waals surface area contributed by atoms with E-state index in [0.29, 0.717) is 30.2 Å². The zero-order valence-corrected chi connectivity index (χ0v) is 21.0. The smallest absolute Gasteiger partial charge is 0.287 e. The number of hydrogen-bond acceptors (Lipinski definition) is 4. The van der Waals surface area contributed by atoms with E-state index >= 15 is 0 Å². The molecule has 0 spiro atoms. The Hall–Kier alpha value is -3.77. The van der Waals surface area contributed by atoms with Crippen molar-refractivity contribution in [2.45, 2.75) is 31.4 Å². The van der Waals surface area contributed by atoms with E-state index in [9.17, 15) is 9.59 Å². The summed E-state index contributed by atoms with van der Waals surface area (Å²) in [6.45, 7) is 3.18. The molecule has 36 heavy (non-hydrogen) atoms. The molecule has 0 atom stereocenters. The van der Waals surface area contributed by atoms with Crippen LogP contribution in [0.15, 0.2) is 89.3 Å². The van der Waals surface area contributed by atoms with Crippen molar-refractivity contribution in [1.82, 2.24) is 5.32 Å². The molecule has 0 saturated heterocycles. The zero-order chi connectivity index (χ0) is 24.9. The Kier molecular flexibility index (Phi) is 7.23. The van der Waals surface area contributed by atoms with Gasteiger partial charge in [0.2, 0.25) is 0 Å². The number of benzene rings is 3. The molecule has 0 radical (unpaired) electrons. The Morgan fingerprint density at radius 1 is 0.944 bits per heavy atom. The molecule has 1 aliphatic rings. The third-order valence-electron chi connectivity index (χ3n) is 6.41. The molecular weight excluding hydrogens is 468 g/mol. The van der Waals surface area contributed by atoms with Crippen LogP contribution in [0.3, 0.4) is 0 Å². The Balaban J connectivity index is 1.14. The summed E-state index contributed by atoms with van der Waals surface area (Å²) in [5.74, 6) is 2.51. The Morgan fingerprint density at radius 3 is 2.58 bits per heavy atom. The number of aryl methyl sites for hydroxylation is 1. The highest BCUT2D eigenvalue weighted by Gasteiger charge is 2.25. The predicted octanol–water partition coefficient (Wildman–Crippen LogP) is 6.15. The summed E-state index contributed by atoms with van der Waals surface area (Å²) in [6.07, 6.45) is 0.803. The topological polar surface area (TPSA) is 62.6 Å². The molecule has 0 bridgehead atoms. The molecule has 5 rings (SSSR count). The van der Waals surface area contributed by atoms with Gasteiger partial charge in [-0.05, 0) is 65.9 Å². The fourth-order valence-electron chi connectivity index (χ4n) is 4.39. The van der Waals surface area contributed by atoms with Crippen LogP contribution in [0.4, 0.5) is 5.69 Å². The molecule has 1 aromatic heterocycles. The van der Waals surface area contributed by atoms with Gasteiger partial charge in [0.05, 0.1) is 5.75 Å². The first kappa shape index (κ1) is 23.9. The maximum atomic E-state index is 12.9. The third-order valence-corrected chi connectivity index (χ3v) is 7.41. The normalized spacial score (nSPS) is 12.4. The summed E-state index contributed by atoms with van der Waals surface area (Å²) in [5.41, 5.74) is 6.35. The molecule has 0 aliphatic carbocycles. The molecule has 2 amide bonds. The Morgan fingerprint density at radius 2 is 1.75 bits per heavy atom. The van der Waals surface area contributed by atoms with Gasteiger partial charge in [-0.2, -0.15) is 0 Å². The Bertz CT molecular complexity index is 1380. The van der Waals surface area contributed by atoms with Crippen LogP contribution in [0.25, 0.3) is 0 Å². The maximum Gasteiger partial charge on any atom is 0.287 e. The van der Waals surface area contributed by atoms with Crippen LogP contribution in [-0.2, 0) is 24.5 Å². The van der Waals surface area contributed by atoms with Crippen LogP contribution in [0.5, 0.6) is 0 Å². The van der Waals surface area contributed by atoms with Crippen molar-refractivity contribution < 1.29 is 14.0 Å². The van der Waals surface area contributed by atoms with Crippen molar-refractivity contribution in [1.29, 1.82) is 0 Å². The number of nitrogens with one attached hydrogen (secondary N) is 1. The van der Waals surface area contributed by atoms with Crippen LogP contribution in [0, 0.1) is 6.92 Å². The van der Waals surface area contributed by atoms with Gasteiger partial charge in [-0.15, -0.1) is 11.8 Å². The van der Waals surface area contributed by atoms with Gasteiger partial charge in [0.25, 0.3) is 11.8 Å². The van der Waals surface area contributed by atoms with E-state index in [2.05, 4.69) is 36.5 Å². The average Bonchev–Trinajstić information content (AvgIpc) is 3.56. The lowest BCUT2D eigenvalue weighted by Crippen LogP contribution is -2.28. The second-order valence-electron chi connectivity index (χ2n) is 8.90. The quantitative estimate of drug-likeness (QED) is 0.318. The number of anilines is 1. The number of thioether (sulfide) groups is 1. The van der Waals surface area contributed by atoms with Gasteiger partial charge in [-0.25, -0.2) is 0 Å². The van der Waals surface area contributed by atoms with Crippen LogP contribution >= 0.6 is 11.8 Å². The van der Waals surface area contributed by atoms with Crippen LogP contribution in [-0.4, -0.2) is 18.4 Å². The van der Waals surface area contributed by atoms with E-state index in [-0.39, 0.29) is 11.8 Å².